The molecule has 0 bridgehead atoms. The highest BCUT2D eigenvalue weighted by Crippen LogP contribution is 2.29. The van der Waals surface area contributed by atoms with Gasteiger partial charge in [-0.15, -0.1) is 0 Å². The van der Waals surface area contributed by atoms with Gasteiger partial charge in [-0.25, -0.2) is 0 Å². The summed E-state index contributed by atoms with van der Waals surface area (Å²) in [5, 5.41) is 14.0. The Bertz CT molecular complexity index is 401. The molecule has 4 heteroatoms. The normalized spacial score (nSPS) is 24.6. The van der Waals surface area contributed by atoms with Crippen LogP contribution in [0.3, 0.4) is 0 Å². The molecule has 2 rings (SSSR count). The molecule has 3 nitrogen and oxygen atoms in total. The second-order valence-corrected chi connectivity index (χ2v) is 5.83. The molecule has 1 fully saturated rings. The molecule has 1 aromatic carbocycles. The van der Waals surface area contributed by atoms with E-state index in [4.69, 9.17) is 4.74 Å². The monoisotopic (exact) mass is 313 g/mol. The van der Waals surface area contributed by atoms with Gasteiger partial charge < -0.3 is 15.2 Å². The summed E-state index contributed by atoms with van der Waals surface area (Å²) in [5.41, 5.74) is 0.574. The molecule has 0 saturated carbocycles. The van der Waals surface area contributed by atoms with Crippen LogP contribution in [-0.4, -0.2) is 30.9 Å². The van der Waals surface area contributed by atoms with Gasteiger partial charge >= 0.3 is 0 Å². The zero-order valence-corrected chi connectivity index (χ0v) is 12.3. The zero-order chi connectivity index (χ0) is 13.0. The third-order valence-electron chi connectivity index (χ3n) is 3.51. The second-order valence-electron chi connectivity index (χ2n) is 4.97. The molecule has 0 spiro atoms. The fourth-order valence-electron chi connectivity index (χ4n) is 2.49. The van der Waals surface area contributed by atoms with E-state index in [1.54, 1.807) is 7.11 Å². The number of nitrogens with one attached hydrogen (secondary N) is 1. The largest absolute Gasteiger partial charge is 0.496 e. The number of methoxy groups -OCH3 is 1. The van der Waals surface area contributed by atoms with Crippen LogP contribution in [0.15, 0.2) is 22.7 Å². The van der Waals surface area contributed by atoms with E-state index in [0.717, 1.165) is 48.1 Å². The number of ether oxygens (including phenoxy) is 1. The first-order valence-electron chi connectivity index (χ1n) is 6.38. The van der Waals surface area contributed by atoms with Crippen LogP contribution in [0.1, 0.15) is 24.8 Å². The van der Waals surface area contributed by atoms with Crippen molar-refractivity contribution in [2.45, 2.75) is 31.3 Å². The maximum Gasteiger partial charge on any atom is 0.133 e. The van der Waals surface area contributed by atoms with Gasteiger partial charge in [-0.3, -0.25) is 0 Å². The number of aliphatic hydroxyl groups is 1. The smallest absolute Gasteiger partial charge is 0.133 e. The highest BCUT2D eigenvalue weighted by atomic mass is 79.9. The first kappa shape index (κ1) is 13.8. The van der Waals surface area contributed by atoms with E-state index in [1.165, 1.54) is 0 Å². The average molecular weight is 314 g/mol. The van der Waals surface area contributed by atoms with Crippen molar-refractivity contribution in [2.75, 3.05) is 20.2 Å². The Morgan fingerprint density at radius 2 is 2.22 bits per heavy atom. The van der Waals surface area contributed by atoms with Crippen molar-refractivity contribution in [3.8, 4) is 5.75 Å². The van der Waals surface area contributed by atoms with Crippen LogP contribution in [-0.2, 0) is 6.42 Å². The van der Waals surface area contributed by atoms with Gasteiger partial charge in [0.25, 0.3) is 0 Å². The minimum atomic E-state index is -0.572. The summed E-state index contributed by atoms with van der Waals surface area (Å²) in [6, 6.07) is 6.01. The number of benzene rings is 1. The third kappa shape index (κ3) is 3.46. The Balaban J connectivity index is 2.10. The highest BCUT2D eigenvalue weighted by Gasteiger charge is 2.28. The molecule has 1 aliphatic rings. The SMILES string of the molecule is COc1ccc(CC2(O)CCCNCC2)cc1Br. The molecule has 0 aliphatic carbocycles. The average Bonchev–Trinajstić information content (AvgIpc) is 2.54. The predicted molar refractivity (Wildman–Crippen MR) is 76.1 cm³/mol. The Labute approximate surface area is 117 Å². The van der Waals surface area contributed by atoms with Gasteiger partial charge in [0.2, 0.25) is 0 Å². The molecular formula is C14H20BrNO2. The van der Waals surface area contributed by atoms with Gasteiger partial charge in [-0.2, -0.15) is 0 Å². The topological polar surface area (TPSA) is 41.5 Å². The summed E-state index contributed by atoms with van der Waals surface area (Å²) in [7, 11) is 1.66. The van der Waals surface area contributed by atoms with Crippen molar-refractivity contribution >= 4 is 15.9 Å². The predicted octanol–water partition coefficient (Wildman–Crippen LogP) is 2.50. The van der Waals surface area contributed by atoms with E-state index in [1.807, 2.05) is 18.2 Å². The maximum absolute atomic E-state index is 10.6. The zero-order valence-electron chi connectivity index (χ0n) is 10.7. The fraction of sp³-hybridized carbons (Fsp3) is 0.571. The number of hydrogen-bond donors (Lipinski definition) is 2. The minimum absolute atomic E-state index is 0.572. The Morgan fingerprint density at radius 1 is 1.39 bits per heavy atom. The lowest BCUT2D eigenvalue weighted by molar-refractivity contribution is 0.0284. The van der Waals surface area contributed by atoms with E-state index in [-0.39, 0.29) is 0 Å². The lowest BCUT2D eigenvalue weighted by Crippen LogP contribution is -2.32. The van der Waals surface area contributed by atoms with Crippen molar-refractivity contribution in [1.29, 1.82) is 0 Å². The summed E-state index contributed by atoms with van der Waals surface area (Å²) < 4.78 is 6.16. The molecule has 0 radical (unpaired) electrons. The Hall–Kier alpha value is -0.580. The van der Waals surface area contributed by atoms with Crippen LogP contribution < -0.4 is 10.1 Å². The lowest BCUT2D eigenvalue weighted by atomic mass is 9.88. The van der Waals surface area contributed by atoms with E-state index in [2.05, 4.69) is 21.2 Å². The number of rotatable bonds is 3. The van der Waals surface area contributed by atoms with Crippen molar-refractivity contribution in [2.24, 2.45) is 0 Å². The van der Waals surface area contributed by atoms with E-state index in [0.29, 0.717) is 6.42 Å². The highest BCUT2D eigenvalue weighted by molar-refractivity contribution is 9.10. The van der Waals surface area contributed by atoms with Gasteiger partial charge in [-0.05, 0) is 66.0 Å². The number of halogens is 1. The molecule has 1 heterocycles. The molecule has 1 saturated heterocycles. The maximum atomic E-state index is 10.6. The molecule has 0 amide bonds. The molecule has 1 atom stereocenters. The van der Waals surface area contributed by atoms with Gasteiger partial charge in [-0.1, -0.05) is 6.07 Å². The van der Waals surface area contributed by atoms with E-state index >= 15 is 0 Å². The number of hydrogen-bond acceptors (Lipinski definition) is 3. The minimum Gasteiger partial charge on any atom is -0.496 e. The van der Waals surface area contributed by atoms with Crippen molar-refractivity contribution in [3.05, 3.63) is 28.2 Å². The molecule has 2 N–H and O–H groups in total. The Morgan fingerprint density at radius 3 is 2.94 bits per heavy atom. The summed E-state index contributed by atoms with van der Waals surface area (Å²) >= 11 is 3.49. The van der Waals surface area contributed by atoms with Crippen LogP contribution in [0.4, 0.5) is 0 Å². The van der Waals surface area contributed by atoms with Crippen LogP contribution in [0.5, 0.6) is 5.75 Å². The molecular weight excluding hydrogens is 294 g/mol. The van der Waals surface area contributed by atoms with Crippen molar-refractivity contribution < 1.29 is 9.84 Å². The molecule has 1 unspecified atom stereocenters. The first-order valence-corrected chi connectivity index (χ1v) is 7.18. The molecule has 100 valence electrons. The van der Waals surface area contributed by atoms with Crippen LogP contribution >= 0.6 is 15.9 Å². The van der Waals surface area contributed by atoms with Crippen LogP contribution in [0.2, 0.25) is 0 Å². The summed E-state index contributed by atoms with van der Waals surface area (Å²) in [6.45, 7) is 1.91. The standard InChI is InChI=1S/C14H20BrNO2/c1-18-13-4-3-11(9-12(13)15)10-14(17)5-2-7-16-8-6-14/h3-4,9,16-17H,2,5-8,10H2,1H3. The Kier molecular flexibility index (Phi) is 4.65. The molecule has 1 aromatic rings. The first-order chi connectivity index (χ1) is 8.63. The van der Waals surface area contributed by atoms with Crippen molar-refractivity contribution in [1.82, 2.24) is 5.32 Å². The second kappa shape index (κ2) is 6.04. The van der Waals surface area contributed by atoms with Gasteiger partial charge in [0.15, 0.2) is 0 Å². The van der Waals surface area contributed by atoms with Crippen LogP contribution in [0, 0.1) is 0 Å². The summed E-state index contributed by atoms with van der Waals surface area (Å²) in [6.07, 6.45) is 3.42. The summed E-state index contributed by atoms with van der Waals surface area (Å²) in [4.78, 5) is 0. The molecule has 18 heavy (non-hydrogen) atoms. The summed E-state index contributed by atoms with van der Waals surface area (Å²) in [5.74, 6) is 0.827. The van der Waals surface area contributed by atoms with Crippen molar-refractivity contribution in [3.63, 3.8) is 0 Å². The third-order valence-corrected chi connectivity index (χ3v) is 4.13. The quantitative estimate of drug-likeness (QED) is 0.901. The fourth-order valence-corrected chi connectivity index (χ4v) is 3.08. The lowest BCUT2D eigenvalue weighted by Gasteiger charge is -2.26. The van der Waals surface area contributed by atoms with Gasteiger partial charge in [0.1, 0.15) is 5.75 Å². The molecule has 1 aliphatic heterocycles. The van der Waals surface area contributed by atoms with E-state index in [9.17, 15) is 5.11 Å². The van der Waals surface area contributed by atoms with Gasteiger partial charge in [0, 0.05) is 6.42 Å². The van der Waals surface area contributed by atoms with E-state index < -0.39 is 5.60 Å². The molecule has 0 aromatic heterocycles. The van der Waals surface area contributed by atoms with Gasteiger partial charge in [0.05, 0.1) is 17.2 Å². The van der Waals surface area contributed by atoms with Crippen LogP contribution in [0.25, 0.3) is 0 Å².